The van der Waals surface area contributed by atoms with Crippen molar-refractivity contribution in [2.75, 3.05) is 0 Å². The van der Waals surface area contributed by atoms with Crippen LogP contribution in [0.4, 0.5) is 0 Å². The van der Waals surface area contributed by atoms with E-state index in [9.17, 15) is 4.79 Å². The van der Waals surface area contributed by atoms with Gasteiger partial charge in [0.2, 0.25) is 0 Å². The minimum atomic E-state index is -0.0506. The van der Waals surface area contributed by atoms with Gasteiger partial charge in [0.25, 0.3) is 5.91 Å². The molecular weight excluding hydrogens is 332 g/mol. The summed E-state index contributed by atoms with van der Waals surface area (Å²) in [6.07, 6.45) is 3.94. The molecule has 1 aromatic carbocycles. The van der Waals surface area contributed by atoms with Gasteiger partial charge in [0.15, 0.2) is 0 Å². The van der Waals surface area contributed by atoms with Crippen molar-refractivity contribution in [1.29, 1.82) is 0 Å². The largest absolute Gasteiger partial charge is 0.491 e. The number of carbonyl (C=O) groups excluding carboxylic acids is 1. The van der Waals surface area contributed by atoms with Crippen LogP contribution >= 0.6 is 15.9 Å². The van der Waals surface area contributed by atoms with E-state index in [1.807, 2.05) is 26.0 Å². The Morgan fingerprint density at radius 3 is 2.57 bits per heavy atom. The lowest BCUT2D eigenvalue weighted by molar-refractivity contribution is 0.0925. The minimum Gasteiger partial charge on any atom is -0.491 e. The fraction of sp³-hybridized carbons (Fsp3) is 0.562. The number of amides is 1. The Morgan fingerprint density at radius 2 is 1.95 bits per heavy atom. The molecule has 0 aromatic heterocycles. The second-order valence-electron chi connectivity index (χ2n) is 5.93. The van der Waals surface area contributed by atoms with E-state index in [4.69, 9.17) is 10.5 Å². The summed E-state index contributed by atoms with van der Waals surface area (Å²) in [6.45, 7) is 3.93. The summed E-state index contributed by atoms with van der Waals surface area (Å²) in [5, 5.41) is 3.09. The number of rotatable bonds is 4. The zero-order valence-corrected chi connectivity index (χ0v) is 14.2. The van der Waals surface area contributed by atoms with Crippen LogP contribution < -0.4 is 15.8 Å². The number of ether oxygens (including phenoxy) is 1. The van der Waals surface area contributed by atoms with Crippen molar-refractivity contribution in [3.8, 4) is 5.75 Å². The molecule has 0 bridgehead atoms. The highest BCUT2D eigenvalue weighted by atomic mass is 79.9. The monoisotopic (exact) mass is 354 g/mol. The molecule has 0 aliphatic heterocycles. The summed E-state index contributed by atoms with van der Waals surface area (Å²) in [5.74, 6) is 0.653. The third kappa shape index (κ3) is 5.00. The lowest BCUT2D eigenvalue weighted by Crippen LogP contribution is -2.40. The van der Waals surface area contributed by atoms with Crippen molar-refractivity contribution >= 4 is 21.8 Å². The number of hydrogen-bond acceptors (Lipinski definition) is 3. The van der Waals surface area contributed by atoms with Crippen LogP contribution in [0.3, 0.4) is 0 Å². The molecule has 5 heteroatoms. The molecule has 1 aliphatic rings. The predicted molar refractivity (Wildman–Crippen MR) is 87.6 cm³/mol. The van der Waals surface area contributed by atoms with Gasteiger partial charge in [0.05, 0.1) is 6.10 Å². The zero-order valence-electron chi connectivity index (χ0n) is 12.6. The van der Waals surface area contributed by atoms with Gasteiger partial charge >= 0.3 is 0 Å². The summed E-state index contributed by atoms with van der Waals surface area (Å²) in [4.78, 5) is 12.4. The summed E-state index contributed by atoms with van der Waals surface area (Å²) < 4.78 is 6.51. The van der Waals surface area contributed by atoms with E-state index in [0.29, 0.717) is 11.3 Å². The second-order valence-corrected chi connectivity index (χ2v) is 6.84. The van der Waals surface area contributed by atoms with Crippen LogP contribution in [0.15, 0.2) is 22.7 Å². The van der Waals surface area contributed by atoms with Crippen LogP contribution in [-0.4, -0.2) is 24.1 Å². The molecule has 3 N–H and O–H groups in total. The van der Waals surface area contributed by atoms with Gasteiger partial charge in [-0.1, -0.05) is 15.9 Å². The smallest absolute Gasteiger partial charge is 0.251 e. The van der Waals surface area contributed by atoms with E-state index >= 15 is 0 Å². The van der Waals surface area contributed by atoms with Crippen molar-refractivity contribution in [3.63, 3.8) is 0 Å². The number of nitrogens with two attached hydrogens (primary N) is 1. The highest BCUT2D eigenvalue weighted by Gasteiger charge is 2.21. The zero-order chi connectivity index (χ0) is 15.4. The Morgan fingerprint density at radius 1 is 1.29 bits per heavy atom. The molecule has 0 heterocycles. The van der Waals surface area contributed by atoms with E-state index < -0.39 is 0 Å². The molecule has 0 radical (unpaired) electrons. The third-order valence-electron chi connectivity index (χ3n) is 3.61. The predicted octanol–water partition coefficient (Wildman–Crippen LogP) is 3.24. The molecule has 1 fully saturated rings. The van der Waals surface area contributed by atoms with Gasteiger partial charge in [-0.2, -0.15) is 0 Å². The van der Waals surface area contributed by atoms with Crippen LogP contribution in [0.25, 0.3) is 0 Å². The van der Waals surface area contributed by atoms with Crippen LogP contribution in [0, 0.1) is 0 Å². The molecule has 21 heavy (non-hydrogen) atoms. The van der Waals surface area contributed by atoms with Gasteiger partial charge in [-0.15, -0.1) is 0 Å². The fourth-order valence-electron chi connectivity index (χ4n) is 2.57. The maximum absolute atomic E-state index is 12.4. The standard InChI is InChI=1S/C16H23BrN2O2/c1-10(2)21-15-8-11(7-12(17)9-15)16(20)19-14-5-3-13(18)4-6-14/h7-10,13-14H,3-6,18H2,1-2H3,(H,19,20). The molecule has 0 spiro atoms. The first kappa shape index (κ1) is 16.3. The van der Waals surface area contributed by atoms with Gasteiger partial charge in [-0.25, -0.2) is 0 Å². The summed E-state index contributed by atoms with van der Waals surface area (Å²) >= 11 is 3.43. The first-order chi connectivity index (χ1) is 9.94. The lowest BCUT2D eigenvalue weighted by atomic mass is 9.91. The number of benzene rings is 1. The van der Waals surface area contributed by atoms with Crippen LogP contribution in [0.1, 0.15) is 49.9 Å². The summed E-state index contributed by atoms with van der Waals surface area (Å²) in [5.41, 5.74) is 6.51. The highest BCUT2D eigenvalue weighted by Crippen LogP contribution is 2.23. The number of halogens is 1. The van der Waals surface area contributed by atoms with E-state index in [1.165, 1.54) is 0 Å². The van der Waals surface area contributed by atoms with E-state index in [1.54, 1.807) is 6.07 Å². The second kappa shape index (κ2) is 7.27. The first-order valence-electron chi connectivity index (χ1n) is 7.47. The van der Waals surface area contributed by atoms with Crippen LogP contribution in [0.2, 0.25) is 0 Å². The molecule has 0 unspecified atom stereocenters. The Balaban J connectivity index is 2.03. The molecule has 0 atom stereocenters. The topological polar surface area (TPSA) is 64.3 Å². The first-order valence-corrected chi connectivity index (χ1v) is 8.27. The van der Waals surface area contributed by atoms with Gasteiger partial charge in [-0.3, -0.25) is 4.79 Å². The Hall–Kier alpha value is -1.07. The number of nitrogens with one attached hydrogen (secondary N) is 1. The molecule has 1 aliphatic carbocycles. The van der Waals surface area contributed by atoms with Crippen molar-refractivity contribution in [2.24, 2.45) is 5.73 Å². The average Bonchev–Trinajstić information content (AvgIpc) is 2.40. The van der Waals surface area contributed by atoms with Gasteiger partial charge in [0.1, 0.15) is 5.75 Å². The lowest BCUT2D eigenvalue weighted by Gasteiger charge is -2.26. The van der Waals surface area contributed by atoms with E-state index in [0.717, 1.165) is 30.2 Å². The molecule has 1 saturated carbocycles. The van der Waals surface area contributed by atoms with Gasteiger partial charge in [0, 0.05) is 22.1 Å². The maximum Gasteiger partial charge on any atom is 0.251 e. The van der Waals surface area contributed by atoms with Crippen molar-refractivity contribution in [1.82, 2.24) is 5.32 Å². The van der Waals surface area contributed by atoms with Crippen LogP contribution in [0.5, 0.6) is 5.75 Å². The maximum atomic E-state index is 12.4. The Kier molecular flexibility index (Phi) is 5.65. The summed E-state index contributed by atoms with van der Waals surface area (Å²) in [7, 11) is 0. The van der Waals surface area contributed by atoms with Crippen molar-refractivity contribution < 1.29 is 9.53 Å². The Bertz CT molecular complexity index is 497. The quantitative estimate of drug-likeness (QED) is 0.872. The molecule has 116 valence electrons. The molecule has 1 aromatic rings. The molecule has 1 amide bonds. The molecule has 2 rings (SSSR count). The van der Waals surface area contributed by atoms with E-state index in [2.05, 4.69) is 21.2 Å². The Labute approximate surface area is 134 Å². The highest BCUT2D eigenvalue weighted by molar-refractivity contribution is 9.10. The van der Waals surface area contributed by atoms with E-state index in [-0.39, 0.29) is 24.1 Å². The van der Waals surface area contributed by atoms with Crippen molar-refractivity contribution in [3.05, 3.63) is 28.2 Å². The van der Waals surface area contributed by atoms with Gasteiger partial charge < -0.3 is 15.8 Å². The van der Waals surface area contributed by atoms with Crippen molar-refractivity contribution in [2.45, 2.75) is 57.7 Å². The third-order valence-corrected chi connectivity index (χ3v) is 4.07. The average molecular weight is 355 g/mol. The number of hydrogen-bond donors (Lipinski definition) is 2. The summed E-state index contributed by atoms with van der Waals surface area (Å²) in [6, 6.07) is 5.99. The van der Waals surface area contributed by atoms with Gasteiger partial charge in [-0.05, 0) is 57.7 Å². The number of carbonyl (C=O) groups is 1. The molecule has 0 saturated heterocycles. The fourth-order valence-corrected chi connectivity index (χ4v) is 3.04. The van der Waals surface area contributed by atoms with Crippen LogP contribution in [-0.2, 0) is 0 Å². The minimum absolute atomic E-state index is 0.0506. The molecule has 4 nitrogen and oxygen atoms in total. The normalized spacial score (nSPS) is 22.1. The SMILES string of the molecule is CC(C)Oc1cc(Br)cc(C(=O)NC2CCC(N)CC2)c1. The molecular formula is C16H23BrN2O2.